The smallest absolute Gasteiger partial charge is 0.169 e. The number of oxime groups is 1. The van der Waals surface area contributed by atoms with Crippen LogP contribution in [0.25, 0.3) is 0 Å². The van der Waals surface area contributed by atoms with Gasteiger partial charge in [-0.3, -0.25) is 0 Å². The maximum Gasteiger partial charge on any atom is 0.169 e. The van der Waals surface area contributed by atoms with Gasteiger partial charge in [0.25, 0.3) is 0 Å². The van der Waals surface area contributed by atoms with E-state index in [1.807, 2.05) is 37.3 Å². The number of rotatable bonds is 3. The third-order valence-electron chi connectivity index (χ3n) is 3.63. The molecule has 0 saturated carbocycles. The normalized spacial score (nSPS) is 32.1. The van der Waals surface area contributed by atoms with Crippen LogP contribution >= 0.6 is 0 Å². The molecule has 5 heteroatoms. The summed E-state index contributed by atoms with van der Waals surface area (Å²) in [6.45, 7) is 1.98. The summed E-state index contributed by atoms with van der Waals surface area (Å²) >= 11 is 0. The number of hydrogen-bond acceptors (Lipinski definition) is 4. The Morgan fingerprint density at radius 3 is 2.67 bits per heavy atom. The molecule has 3 atom stereocenters. The van der Waals surface area contributed by atoms with Crippen molar-refractivity contribution in [2.24, 2.45) is 5.16 Å². The van der Waals surface area contributed by atoms with E-state index in [4.69, 9.17) is 4.84 Å². The Kier molecular flexibility index (Phi) is 2.66. The van der Waals surface area contributed by atoms with Crippen molar-refractivity contribution in [2.45, 2.75) is 36.4 Å². The molecule has 1 aromatic carbocycles. The first-order valence-electron chi connectivity index (χ1n) is 6.18. The molecule has 4 nitrogen and oxygen atoms in total. The van der Waals surface area contributed by atoms with Crippen LogP contribution in [0.15, 0.2) is 35.5 Å². The average Bonchev–Trinajstić information content (AvgIpc) is 2.79. The number of hydrogen-bond donors (Lipinski definition) is 0. The first-order valence-corrected chi connectivity index (χ1v) is 7.79. The average molecular weight is 265 g/mol. The van der Waals surface area contributed by atoms with Crippen LogP contribution in [0.1, 0.15) is 25.3 Å². The fraction of sp³-hybridized carbons (Fsp3) is 0.462. The Labute approximate surface area is 107 Å². The molecule has 0 aliphatic carbocycles. The maximum absolute atomic E-state index is 12.2. The minimum atomic E-state index is -3.12. The second-order valence-corrected chi connectivity index (χ2v) is 7.04. The van der Waals surface area contributed by atoms with E-state index in [2.05, 4.69) is 5.16 Å². The van der Waals surface area contributed by atoms with Crippen LogP contribution in [-0.2, 0) is 14.7 Å². The van der Waals surface area contributed by atoms with Gasteiger partial charge in [0.1, 0.15) is 16.2 Å². The van der Waals surface area contributed by atoms with Crippen LogP contribution in [0.3, 0.4) is 0 Å². The number of benzene rings is 1. The maximum atomic E-state index is 12.2. The number of fused-ring (bicyclic) bond motifs is 1. The topological polar surface area (TPSA) is 55.7 Å². The second kappa shape index (κ2) is 4.09. The van der Waals surface area contributed by atoms with Crippen LogP contribution in [0, 0.1) is 0 Å². The van der Waals surface area contributed by atoms with Crippen molar-refractivity contribution in [2.75, 3.05) is 0 Å². The van der Waals surface area contributed by atoms with Crippen LogP contribution in [0.2, 0.25) is 0 Å². The zero-order valence-electron chi connectivity index (χ0n) is 10.1. The van der Waals surface area contributed by atoms with Gasteiger partial charge in [-0.2, -0.15) is 0 Å². The van der Waals surface area contributed by atoms with E-state index in [1.165, 1.54) is 0 Å². The summed E-state index contributed by atoms with van der Waals surface area (Å²) in [5.74, 6) is 0. The van der Waals surface area contributed by atoms with E-state index >= 15 is 0 Å². The largest absolute Gasteiger partial charge is 0.389 e. The molecule has 1 aromatic rings. The lowest BCUT2D eigenvalue weighted by Gasteiger charge is -2.37. The van der Waals surface area contributed by atoms with Crippen molar-refractivity contribution < 1.29 is 13.3 Å². The van der Waals surface area contributed by atoms with Gasteiger partial charge in [-0.25, -0.2) is 8.42 Å². The zero-order valence-corrected chi connectivity index (χ0v) is 10.9. The van der Waals surface area contributed by atoms with E-state index in [0.29, 0.717) is 12.1 Å². The van der Waals surface area contributed by atoms with Gasteiger partial charge in [-0.1, -0.05) is 48.8 Å². The highest BCUT2D eigenvalue weighted by atomic mass is 32.2. The highest BCUT2D eigenvalue weighted by Crippen LogP contribution is 2.41. The minimum absolute atomic E-state index is 0.273. The third-order valence-corrected chi connectivity index (χ3v) is 6.17. The molecule has 18 heavy (non-hydrogen) atoms. The summed E-state index contributed by atoms with van der Waals surface area (Å²) < 4.78 is 24.5. The molecule has 0 radical (unpaired) electrons. The number of nitrogens with zero attached hydrogens (tertiary/aromatic N) is 1. The van der Waals surface area contributed by atoms with Gasteiger partial charge in [0.05, 0.1) is 0 Å². The van der Waals surface area contributed by atoms with Crippen molar-refractivity contribution >= 4 is 15.5 Å². The van der Waals surface area contributed by atoms with Gasteiger partial charge < -0.3 is 4.84 Å². The fourth-order valence-electron chi connectivity index (χ4n) is 2.71. The molecule has 0 bridgehead atoms. The molecule has 0 unspecified atom stereocenters. The molecule has 96 valence electrons. The highest BCUT2D eigenvalue weighted by Gasteiger charge is 2.62. The number of sulfone groups is 1. The molecule has 3 rings (SSSR count). The van der Waals surface area contributed by atoms with E-state index in [-0.39, 0.29) is 11.4 Å². The van der Waals surface area contributed by atoms with Crippen molar-refractivity contribution in [3.05, 3.63) is 35.9 Å². The SMILES string of the molecule is CCC[C@@H]1[C@H]2ON=C(c3ccccc3)[C@H]2S1(=O)=O. The standard InChI is InChI=1S/C13H15NO3S/c1-2-6-10-12-13(18(10,15)16)11(14-17-12)9-7-4-3-5-8-9/h3-5,7-8,10,12-13H,2,6H2,1H3/t10-,12-,13-/m1/s1. The lowest BCUT2D eigenvalue weighted by molar-refractivity contribution is 0.0679. The first kappa shape index (κ1) is 11.7. The molecule has 1 saturated heterocycles. The molecule has 0 amide bonds. The Bertz CT molecular complexity index is 580. The van der Waals surface area contributed by atoms with Gasteiger partial charge in [-0.05, 0) is 6.42 Å². The van der Waals surface area contributed by atoms with E-state index in [1.54, 1.807) is 0 Å². The van der Waals surface area contributed by atoms with Crippen LogP contribution < -0.4 is 0 Å². The Hall–Kier alpha value is -1.36. The molecule has 0 spiro atoms. The fourth-order valence-corrected chi connectivity index (χ4v) is 5.06. The lowest BCUT2D eigenvalue weighted by atomic mass is 10.00. The first-order chi connectivity index (χ1) is 8.66. The molecule has 0 aromatic heterocycles. The van der Waals surface area contributed by atoms with Crippen LogP contribution in [-0.4, -0.2) is 30.7 Å². The van der Waals surface area contributed by atoms with Gasteiger partial charge in [-0.15, -0.1) is 0 Å². The van der Waals surface area contributed by atoms with Gasteiger partial charge in [0, 0.05) is 5.56 Å². The minimum Gasteiger partial charge on any atom is -0.389 e. The Morgan fingerprint density at radius 1 is 1.28 bits per heavy atom. The van der Waals surface area contributed by atoms with E-state index in [9.17, 15) is 8.42 Å². The molecule has 1 fully saturated rings. The van der Waals surface area contributed by atoms with Crippen LogP contribution in [0.5, 0.6) is 0 Å². The zero-order chi connectivity index (χ0) is 12.8. The van der Waals surface area contributed by atoms with E-state index < -0.39 is 15.1 Å². The highest BCUT2D eigenvalue weighted by molar-refractivity contribution is 7.95. The van der Waals surface area contributed by atoms with E-state index in [0.717, 1.165) is 12.0 Å². The predicted molar refractivity (Wildman–Crippen MR) is 69.3 cm³/mol. The molecule has 0 N–H and O–H groups in total. The summed E-state index contributed by atoms with van der Waals surface area (Å²) in [6, 6.07) is 9.38. The van der Waals surface area contributed by atoms with Crippen molar-refractivity contribution in [1.29, 1.82) is 0 Å². The van der Waals surface area contributed by atoms with Gasteiger partial charge in [0.15, 0.2) is 15.9 Å². The third kappa shape index (κ3) is 1.50. The monoisotopic (exact) mass is 265 g/mol. The second-order valence-electron chi connectivity index (χ2n) is 4.75. The summed E-state index contributed by atoms with van der Waals surface area (Å²) in [5, 5.41) is 3.06. The van der Waals surface area contributed by atoms with Crippen molar-refractivity contribution in [1.82, 2.24) is 0 Å². The molecule has 2 aliphatic heterocycles. The molecular weight excluding hydrogens is 250 g/mol. The van der Waals surface area contributed by atoms with Crippen LogP contribution in [0.4, 0.5) is 0 Å². The lowest BCUT2D eigenvalue weighted by Crippen LogP contribution is -2.61. The molecule has 2 aliphatic rings. The van der Waals surface area contributed by atoms with Gasteiger partial charge >= 0.3 is 0 Å². The summed E-state index contributed by atoms with van der Waals surface area (Å²) in [7, 11) is -3.12. The quantitative estimate of drug-likeness (QED) is 0.836. The Morgan fingerprint density at radius 2 is 2.00 bits per heavy atom. The summed E-state index contributed by atoms with van der Waals surface area (Å²) in [5.41, 5.74) is 1.40. The summed E-state index contributed by atoms with van der Waals surface area (Å²) in [6.07, 6.45) is 1.23. The predicted octanol–water partition coefficient (Wildman–Crippen LogP) is 1.76. The van der Waals surface area contributed by atoms with Crippen molar-refractivity contribution in [3.8, 4) is 0 Å². The molecular formula is C13H15NO3S. The summed E-state index contributed by atoms with van der Waals surface area (Å²) in [4.78, 5) is 5.33. The Balaban J connectivity index is 1.91. The molecule has 2 heterocycles. The van der Waals surface area contributed by atoms with Crippen molar-refractivity contribution in [3.63, 3.8) is 0 Å². The van der Waals surface area contributed by atoms with Gasteiger partial charge in [0.2, 0.25) is 0 Å².